The van der Waals surface area contributed by atoms with Crippen LogP contribution >= 0.6 is 0 Å². The van der Waals surface area contributed by atoms with Crippen LogP contribution in [-0.4, -0.2) is 42.9 Å². The topological polar surface area (TPSA) is 75.4 Å². The van der Waals surface area contributed by atoms with Crippen molar-refractivity contribution in [2.75, 3.05) is 26.2 Å². The number of primary amides is 1. The maximum absolute atomic E-state index is 12.1. The number of nitrogens with two attached hydrogens (primary N) is 1. The van der Waals surface area contributed by atoms with E-state index in [4.69, 9.17) is 5.73 Å². The number of hydrogen-bond donors (Lipinski definition) is 2. The third kappa shape index (κ3) is 4.00. The van der Waals surface area contributed by atoms with Gasteiger partial charge >= 0.3 is 0 Å². The minimum atomic E-state index is -0.290. The standard InChI is InChI=1S/C12H23N3O2/c1-3-14-7-9(2)12(17)15-6-4-5-10(8-15)11(13)16/h9-10,14H,3-8H2,1-2H3,(H2,13,16). The van der Waals surface area contributed by atoms with Gasteiger partial charge in [-0.1, -0.05) is 13.8 Å². The number of likely N-dealkylation sites (tertiary alicyclic amines) is 1. The molecule has 1 aliphatic rings. The highest BCUT2D eigenvalue weighted by Gasteiger charge is 2.28. The number of hydrogen-bond acceptors (Lipinski definition) is 3. The number of amides is 2. The van der Waals surface area contributed by atoms with Crippen LogP contribution in [-0.2, 0) is 9.59 Å². The number of carbonyl (C=O) groups is 2. The molecule has 1 aliphatic heterocycles. The molecule has 1 heterocycles. The number of piperidine rings is 1. The predicted molar refractivity (Wildman–Crippen MR) is 66.2 cm³/mol. The van der Waals surface area contributed by atoms with Crippen molar-refractivity contribution in [2.45, 2.75) is 26.7 Å². The van der Waals surface area contributed by atoms with Crippen LogP contribution in [0.3, 0.4) is 0 Å². The molecule has 3 N–H and O–H groups in total. The Morgan fingerprint density at radius 3 is 2.82 bits per heavy atom. The molecule has 0 aromatic heterocycles. The van der Waals surface area contributed by atoms with E-state index in [-0.39, 0.29) is 23.7 Å². The van der Waals surface area contributed by atoms with Crippen molar-refractivity contribution in [3.8, 4) is 0 Å². The summed E-state index contributed by atoms with van der Waals surface area (Å²) < 4.78 is 0. The Balaban J connectivity index is 2.48. The van der Waals surface area contributed by atoms with Gasteiger partial charge < -0.3 is 16.0 Å². The molecule has 2 unspecified atom stereocenters. The molecular formula is C12H23N3O2. The van der Waals surface area contributed by atoms with Crippen LogP contribution in [0, 0.1) is 11.8 Å². The Hall–Kier alpha value is -1.10. The van der Waals surface area contributed by atoms with Crippen molar-refractivity contribution in [1.29, 1.82) is 0 Å². The van der Waals surface area contributed by atoms with E-state index >= 15 is 0 Å². The largest absolute Gasteiger partial charge is 0.369 e. The maximum atomic E-state index is 12.1. The van der Waals surface area contributed by atoms with Crippen molar-refractivity contribution >= 4 is 11.8 Å². The molecule has 0 radical (unpaired) electrons. The average Bonchev–Trinajstić information content (AvgIpc) is 2.35. The lowest BCUT2D eigenvalue weighted by atomic mass is 9.96. The van der Waals surface area contributed by atoms with Gasteiger partial charge in [-0.15, -0.1) is 0 Å². The molecule has 5 nitrogen and oxygen atoms in total. The highest BCUT2D eigenvalue weighted by atomic mass is 16.2. The first-order valence-electron chi connectivity index (χ1n) is 6.35. The second kappa shape index (κ2) is 6.59. The lowest BCUT2D eigenvalue weighted by molar-refractivity contribution is -0.138. The quantitative estimate of drug-likeness (QED) is 0.709. The third-order valence-electron chi connectivity index (χ3n) is 3.26. The minimum Gasteiger partial charge on any atom is -0.369 e. The first-order valence-corrected chi connectivity index (χ1v) is 6.35. The molecule has 98 valence electrons. The Morgan fingerprint density at radius 1 is 1.53 bits per heavy atom. The first kappa shape index (κ1) is 14.0. The highest BCUT2D eigenvalue weighted by molar-refractivity contribution is 5.81. The summed E-state index contributed by atoms with van der Waals surface area (Å²) in [7, 11) is 0. The lowest BCUT2D eigenvalue weighted by Crippen LogP contribution is -2.47. The minimum absolute atomic E-state index is 0.0402. The number of carbonyl (C=O) groups excluding carboxylic acids is 2. The maximum Gasteiger partial charge on any atom is 0.226 e. The second-order valence-corrected chi connectivity index (χ2v) is 4.73. The fraction of sp³-hybridized carbons (Fsp3) is 0.833. The van der Waals surface area contributed by atoms with Crippen LogP contribution in [0.25, 0.3) is 0 Å². The molecule has 1 rings (SSSR count). The zero-order chi connectivity index (χ0) is 12.8. The van der Waals surface area contributed by atoms with Crippen LogP contribution in [0.1, 0.15) is 26.7 Å². The van der Waals surface area contributed by atoms with Crippen molar-refractivity contribution in [1.82, 2.24) is 10.2 Å². The van der Waals surface area contributed by atoms with Gasteiger partial charge in [-0.2, -0.15) is 0 Å². The number of rotatable bonds is 5. The van der Waals surface area contributed by atoms with E-state index in [0.29, 0.717) is 13.1 Å². The fourth-order valence-electron chi connectivity index (χ4n) is 2.17. The molecule has 1 saturated heterocycles. The Morgan fingerprint density at radius 2 is 2.24 bits per heavy atom. The zero-order valence-corrected chi connectivity index (χ0v) is 10.7. The molecule has 0 aromatic rings. The Labute approximate surface area is 103 Å². The fourth-order valence-corrected chi connectivity index (χ4v) is 2.17. The van der Waals surface area contributed by atoms with Gasteiger partial charge in [-0.05, 0) is 19.4 Å². The lowest BCUT2D eigenvalue weighted by Gasteiger charge is -2.33. The summed E-state index contributed by atoms with van der Waals surface area (Å²) in [4.78, 5) is 25.0. The van der Waals surface area contributed by atoms with E-state index in [1.54, 1.807) is 4.90 Å². The van der Waals surface area contributed by atoms with Crippen LogP contribution in [0.2, 0.25) is 0 Å². The molecule has 0 aromatic carbocycles. The summed E-state index contributed by atoms with van der Waals surface area (Å²) >= 11 is 0. The number of nitrogens with one attached hydrogen (secondary N) is 1. The number of nitrogens with zero attached hydrogens (tertiary/aromatic N) is 1. The van der Waals surface area contributed by atoms with E-state index in [9.17, 15) is 9.59 Å². The Kier molecular flexibility index (Phi) is 5.41. The molecule has 1 fully saturated rings. The molecule has 0 spiro atoms. The van der Waals surface area contributed by atoms with E-state index in [1.165, 1.54) is 0 Å². The van der Waals surface area contributed by atoms with Gasteiger partial charge in [-0.3, -0.25) is 9.59 Å². The van der Waals surface area contributed by atoms with Crippen molar-refractivity contribution in [2.24, 2.45) is 17.6 Å². The van der Waals surface area contributed by atoms with E-state index in [1.807, 2.05) is 13.8 Å². The SMILES string of the molecule is CCNCC(C)C(=O)N1CCCC(C(N)=O)C1. The summed E-state index contributed by atoms with van der Waals surface area (Å²) in [6.45, 7) is 6.72. The monoisotopic (exact) mass is 241 g/mol. The van der Waals surface area contributed by atoms with Gasteiger partial charge in [0.1, 0.15) is 0 Å². The van der Waals surface area contributed by atoms with Gasteiger partial charge in [0.25, 0.3) is 0 Å². The normalized spacial score (nSPS) is 22.2. The molecule has 2 amide bonds. The molecule has 0 saturated carbocycles. The van der Waals surface area contributed by atoms with Gasteiger partial charge in [0.15, 0.2) is 0 Å². The summed E-state index contributed by atoms with van der Waals surface area (Å²) in [6.07, 6.45) is 1.67. The van der Waals surface area contributed by atoms with E-state index in [2.05, 4.69) is 5.32 Å². The van der Waals surface area contributed by atoms with Gasteiger partial charge in [0, 0.05) is 25.6 Å². The van der Waals surface area contributed by atoms with E-state index in [0.717, 1.165) is 25.9 Å². The van der Waals surface area contributed by atoms with Crippen molar-refractivity contribution < 1.29 is 9.59 Å². The summed E-state index contributed by atoms with van der Waals surface area (Å²) in [5, 5.41) is 3.16. The van der Waals surface area contributed by atoms with Gasteiger partial charge in [0.2, 0.25) is 11.8 Å². The summed E-state index contributed by atoms with van der Waals surface area (Å²) in [5.41, 5.74) is 5.30. The van der Waals surface area contributed by atoms with Crippen LogP contribution in [0.15, 0.2) is 0 Å². The van der Waals surface area contributed by atoms with Gasteiger partial charge in [0.05, 0.1) is 5.92 Å². The summed E-state index contributed by atoms with van der Waals surface area (Å²) in [5.74, 6) is -0.376. The van der Waals surface area contributed by atoms with Gasteiger partial charge in [-0.25, -0.2) is 0 Å². The smallest absolute Gasteiger partial charge is 0.226 e. The van der Waals surface area contributed by atoms with Crippen LogP contribution in [0.4, 0.5) is 0 Å². The third-order valence-corrected chi connectivity index (χ3v) is 3.26. The molecule has 0 bridgehead atoms. The predicted octanol–water partition coefficient (Wildman–Crippen LogP) is -0.0441. The average molecular weight is 241 g/mol. The molecule has 0 aliphatic carbocycles. The molecule has 17 heavy (non-hydrogen) atoms. The zero-order valence-electron chi connectivity index (χ0n) is 10.7. The second-order valence-electron chi connectivity index (χ2n) is 4.73. The Bertz CT molecular complexity index is 281. The van der Waals surface area contributed by atoms with Crippen molar-refractivity contribution in [3.63, 3.8) is 0 Å². The van der Waals surface area contributed by atoms with Crippen LogP contribution < -0.4 is 11.1 Å². The molecule has 5 heteroatoms. The first-order chi connectivity index (χ1) is 8.06. The molecular weight excluding hydrogens is 218 g/mol. The highest BCUT2D eigenvalue weighted by Crippen LogP contribution is 2.17. The van der Waals surface area contributed by atoms with Crippen molar-refractivity contribution in [3.05, 3.63) is 0 Å². The summed E-state index contributed by atoms with van der Waals surface area (Å²) in [6, 6.07) is 0. The van der Waals surface area contributed by atoms with E-state index < -0.39 is 0 Å². The molecule has 2 atom stereocenters. The van der Waals surface area contributed by atoms with Crippen LogP contribution in [0.5, 0.6) is 0 Å².